The fraction of sp³-hybridized carbons (Fsp3) is 0.125. The van der Waals surface area contributed by atoms with Crippen molar-refractivity contribution in [1.82, 2.24) is 9.97 Å². The molecule has 1 aromatic carbocycles. The molecule has 0 aliphatic heterocycles. The average molecular weight is 265 g/mol. The summed E-state index contributed by atoms with van der Waals surface area (Å²) in [7, 11) is 1.61. The van der Waals surface area contributed by atoms with Crippen molar-refractivity contribution in [3.63, 3.8) is 0 Å². The number of anilines is 1. The fourth-order valence-electron chi connectivity index (χ4n) is 2.39. The maximum Gasteiger partial charge on any atom is 0.222 e. The van der Waals surface area contributed by atoms with E-state index in [0.29, 0.717) is 11.7 Å². The second-order valence-corrected chi connectivity index (χ2v) is 4.63. The largest absolute Gasteiger partial charge is 0.480 e. The Bertz CT molecular complexity index is 784. The summed E-state index contributed by atoms with van der Waals surface area (Å²) in [6, 6.07) is 11.8. The van der Waals surface area contributed by atoms with Crippen LogP contribution in [0.25, 0.3) is 22.0 Å². The number of hydrogen-bond acceptors (Lipinski definition) is 4. The number of benzene rings is 1. The van der Waals surface area contributed by atoms with Gasteiger partial charge >= 0.3 is 0 Å². The van der Waals surface area contributed by atoms with Gasteiger partial charge in [-0.1, -0.05) is 24.3 Å². The van der Waals surface area contributed by atoms with E-state index in [4.69, 9.17) is 10.5 Å². The molecule has 0 aliphatic carbocycles. The molecule has 4 nitrogen and oxygen atoms in total. The molecular weight excluding hydrogens is 250 g/mol. The average Bonchev–Trinajstić information content (AvgIpc) is 2.46. The van der Waals surface area contributed by atoms with E-state index >= 15 is 0 Å². The summed E-state index contributed by atoms with van der Waals surface area (Å²) in [5.41, 5.74) is 8.68. The topological polar surface area (TPSA) is 61.0 Å². The van der Waals surface area contributed by atoms with Crippen molar-refractivity contribution in [2.24, 2.45) is 0 Å². The lowest BCUT2D eigenvalue weighted by Crippen LogP contribution is -1.99. The van der Waals surface area contributed by atoms with Crippen molar-refractivity contribution in [3.8, 4) is 17.1 Å². The second kappa shape index (κ2) is 4.81. The van der Waals surface area contributed by atoms with E-state index in [1.165, 1.54) is 0 Å². The molecule has 0 spiro atoms. The summed E-state index contributed by atoms with van der Waals surface area (Å²) in [6.07, 6.45) is 1.73. The predicted octanol–water partition coefficient (Wildman–Crippen LogP) is 3.20. The Kier molecular flexibility index (Phi) is 2.99. The molecule has 0 unspecified atom stereocenters. The molecule has 0 fully saturated rings. The van der Waals surface area contributed by atoms with Gasteiger partial charge in [0.25, 0.3) is 0 Å². The summed E-state index contributed by atoms with van der Waals surface area (Å²) in [6.45, 7) is 2.01. The Balaban J connectivity index is 2.41. The summed E-state index contributed by atoms with van der Waals surface area (Å²) in [5.74, 6) is 1.05. The highest BCUT2D eigenvalue weighted by atomic mass is 16.5. The van der Waals surface area contributed by atoms with E-state index in [1.807, 2.05) is 43.3 Å². The highest BCUT2D eigenvalue weighted by molar-refractivity contribution is 5.97. The van der Waals surface area contributed by atoms with E-state index in [1.54, 1.807) is 13.3 Å². The highest BCUT2D eigenvalue weighted by Crippen LogP contribution is 2.35. The minimum absolute atomic E-state index is 0.490. The molecule has 0 saturated heterocycles. The van der Waals surface area contributed by atoms with E-state index in [0.717, 1.165) is 27.6 Å². The SMILES string of the molecule is COc1nccc(C)c1-c1nc(N)cc2ccccc12. The minimum Gasteiger partial charge on any atom is -0.480 e. The van der Waals surface area contributed by atoms with Gasteiger partial charge in [0, 0.05) is 11.6 Å². The van der Waals surface area contributed by atoms with Gasteiger partial charge in [0.05, 0.1) is 18.4 Å². The Morgan fingerprint density at radius 1 is 1.15 bits per heavy atom. The monoisotopic (exact) mass is 265 g/mol. The minimum atomic E-state index is 0.490. The number of aromatic nitrogens is 2. The number of ether oxygens (including phenoxy) is 1. The lowest BCUT2D eigenvalue weighted by atomic mass is 10.0. The van der Waals surface area contributed by atoms with Gasteiger partial charge in [-0.15, -0.1) is 0 Å². The van der Waals surface area contributed by atoms with Crippen molar-refractivity contribution in [3.05, 3.63) is 48.2 Å². The van der Waals surface area contributed by atoms with Crippen LogP contribution < -0.4 is 10.5 Å². The van der Waals surface area contributed by atoms with Gasteiger partial charge in [-0.2, -0.15) is 0 Å². The second-order valence-electron chi connectivity index (χ2n) is 4.63. The first-order valence-corrected chi connectivity index (χ1v) is 6.36. The van der Waals surface area contributed by atoms with Gasteiger partial charge in [0.1, 0.15) is 5.82 Å². The van der Waals surface area contributed by atoms with Crippen molar-refractivity contribution in [2.75, 3.05) is 12.8 Å². The van der Waals surface area contributed by atoms with Gasteiger partial charge in [0.2, 0.25) is 5.88 Å². The summed E-state index contributed by atoms with van der Waals surface area (Å²) in [5, 5.41) is 2.09. The molecule has 0 radical (unpaired) electrons. The summed E-state index contributed by atoms with van der Waals surface area (Å²) >= 11 is 0. The maximum absolute atomic E-state index is 5.93. The van der Waals surface area contributed by atoms with Gasteiger partial charge < -0.3 is 10.5 Å². The third-order valence-corrected chi connectivity index (χ3v) is 3.31. The van der Waals surface area contributed by atoms with Crippen LogP contribution in [0.3, 0.4) is 0 Å². The Labute approximate surface area is 117 Å². The summed E-state index contributed by atoms with van der Waals surface area (Å²) in [4.78, 5) is 8.77. The maximum atomic E-state index is 5.93. The molecule has 0 amide bonds. The van der Waals surface area contributed by atoms with Crippen LogP contribution >= 0.6 is 0 Å². The summed E-state index contributed by atoms with van der Waals surface area (Å²) < 4.78 is 5.38. The molecular formula is C16H15N3O. The smallest absolute Gasteiger partial charge is 0.222 e. The van der Waals surface area contributed by atoms with Crippen LogP contribution in [-0.4, -0.2) is 17.1 Å². The van der Waals surface area contributed by atoms with Crippen LogP contribution in [0.1, 0.15) is 5.56 Å². The van der Waals surface area contributed by atoms with Crippen LogP contribution in [0.15, 0.2) is 42.6 Å². The Morgan fingerprint density at radius 2 is 1.95 bits per heavy atom. The zero-order valence-electron chi connectivity index (χ0n) is 11.4. The predicted molar refractivity (Wildman–Crippen MR) is 80.7 cm³/mol. The first kappa shape index (κ1) is 12.4. The standard InChI is InChI=1S/C16H15N3O/c1-10-7-8-18-16(20-2)14(10)15-12-6-4-3-5-11(12)9-13(17)19-15/h3-9H,1-2H3,(H2,17,19). The van der Waals surface area contributed by atoms with E-state index in [9.17, 15) is 0 Å². The third-order valence-electron chi connectivity index (χ3n) is 3.31. The molecule has 3 rings (SSSR count). The van der Waals surface area contributed by atoms with Crippen LogP contribution in [0.2, 0.25) is 0 Å². The van der Waals surface area contributed by atoms with E-state index in [-0.39, 0.29) is 0 Å². The number of nitrogens with two attached hydrogens (primary N) is 1. The van der Waals surface area contributed by atoms with Crippen LogP contribution in [0.4, 0.5) is 5.82 Å². The van der Waals surface area contributed by atoms with Crippen LogP contribution in [0, 0.1) is 6.92 Å². The van der Waals surface area contributed by atoms with Crippen molar-refractivity contribution >= 4 is 16.6 Å². The molecule has 2 heterocycles. The van der Waals surface area contributed by atoms with Crippen molar-refractivity contribution < 1.29 is 4.74 Å². The molecule has 3 aromatic rings. The quantitative estimate of drug-likeness (QED) is 0.773. The van der Waals surface area contributed by atoms with Crippen LogP contribution in [-0.2, 0) is 0 Å². The molecule has 0 aliphatic rings. The molecule has 2 N–H and O–H groups in total. The number of hydrogen-bond donors (Lipinski definition) is 1. The fourth-order valence-corrected chi connectivity index (χ4v) is 2.39. The van der Waals surface area contributed by atoms with Gasteiger partial charge in [0.15, 0.2) is 0 Å². The molecule has 100 valence electrons. The number of methoxy groups -OCH3 is 1. The Morgan fingerprint density at radius 3 is 2.75 bits per heavy atom. The van der Waals surface area contributed by atoms with Crippen LogP contribution in [0.5, 0.6) is 5.88 Å². The van der Waals surface area contributed by atoms with E-state index < -0.39 is 0 Å². The number of rotatable bonds is 2. The lowest BCUT2D eigenvalue weighted by Gasteiger charge is -2.12. The molecule has 0 saturated carbocycles. The zero-order valence-corrected chi connectivity index (χ0v) is 11.4. The first-order valence-electron chi connectivity index (χ1n) is 6.36. The molecule has 0 atom stereocenters. The number of nitrogens with zero attached hydrogens (tertiary/aromatic N) is 2. The Hall–Kier alpha value is -2.62. The highest BCUT2D eigenvalue weighted by Gasteiger charge is 2.15. The number of fused-ring (bicyclic) bond motifs is 1. The number of aryl methyl sites for hydroxylation is 1. The van der Waals surface area contributed by atoms with Gasteiger partial charge in [-0.25, -0.2) is 9.97 Å². The number of nitrogen functional groups attached to an aromatic ring is 1. The molecule has 2 aromatic heterocycles. The molecule has 4 heteroatoms. The third kappa shape index (κ3) is 1.95. The van der Waals surface area contributed by atoms with Gasteiger partial charge in [-0.05, 0) is 30.0 Å². The lowest BCUT2D eigenvalue weighted by molar-refractivity contribution is 0.399. The zero-order chi connectivity index (χ0) is 14.1. The number of pyridine rings is 2. The van der Waals surface area contributed by atoms with E-state index in [2.05, 4.69) is 9.97 Å². The van der Waals surface area contributed by atoms with Crippen molar-refractivity contribution in [2.45, 2.75) is 6.92 Å². The first-order chi connectivity index (χ1) is 9.70. The van der Waals surface area contributed by atoms with Gasteiger partial charge in [-0.3, -0.25) is 0 Å². The molecule has 20 heavy (non-hydrogen) atoms. The normalized spacial score (nSPS) is 10.7. The van der Waals surface area contributed by atoms with Crippen molar-refractivity contribution in [1.29, 1.82) is 0 Å². The molecule has 0 bridgehead atoms.